The molecular formula is C22H27N3O2. The van der Waals surface area contributed by atoms with E-state index in [0.717, 1.165) is 74.4 Å². The Bertz CT molecular complexity index is 880. The number of hydrogen-bond acceptors (Lipinski definition) is 3. The zero-order valence-electron chi connectivity index (χ0n) is 16.0. The predicted octanol–water partition coefficient (Wildman–Crippen LogP) is 2.63. The molecule has 1 fully saturated rings. The summed E-state index contributed by atoms with van der Waals surface area (Å²) in [4.78, 5) is 30.5. The second-order valence-corrected chi connectivity index (χ2v) is 7.47. The largest absolute Gasteiger partial charge is 0.336 e. The summed E-state index contributed by atoms with van der Waals surface area (Å²) in [6.07, 6.45) is 2.87. The van der Waals surface area contributed by atoms with E-state index in [2.05, 4.69) is 11.8 Å². The zero-order chi connectivity index (χ0) is 18.8. The quantitative estimate of drug-likeness (QED) is 0.837. The lowest BCUT2D eigenvalue weighted by Gasteiger charge is -2.35. The van der Waals surface area contributed by atoms with E-state index < -0.39 is 0 Å². The molecule has 0 unspecified atom stereocenters. The molecule has 1 aromatic carbocycles. The van der Waals surface area contributed by atoms with E-state index in [4.69, 9.17) is 0 Å². The summed E-state index contributed by atoms with van der Waals surface area (Å²) in [7, 11) is 0. The van der Waals surface area contributed by atoms with Crippen LogP contribution >= 0.6 is 0 Å². The minimum absolute atomic E-state index is 0.00525. The fraction of sp³-hybridized carbons (Fsp3) is 0.455. The van der Waals surface area contributed by atoms with E-state index in [9.17, 15) is 9.59 Å². The van der Waals surface area contributed by atoms with Gasteiger partial charge in [-0.1, -0.05) is 37.3 Å². The average molecular weight is 365 g/mol. The molecule has 2 aromatic rings. The van der Waals surface area contributed by atoms with E-state index in [-0.39, 0.29) is 11.5 Å². The Balaban J connectivity index is 1.72. The lowest BCUT2D eigenvalue weighted by Crippen LogP contribution is -2.49. The van der Waals surface area contributed by atoms with Crippen LogP contribution in [0.5, 0.6) is 0 Å². The lowest BCUT2D eigenvalue weighted by molar-refractivity contribution is 0.0636. The molecule has 2 aliphatic rings. The first-order valence-electron chi connectivity index (χ1n) is 10.0. The third-order valence-electron chi connectivity index (χ3n) is 5.71. The molecule has 1 saturated heterocycles. The summed E-state index contributed by atoms with van der Waals surface area (Å²) in [5, 5.41) is 0. The maximum atomic E-state index is 13.5. The van der Waals surface area contributed by atoms with E-state index in [1.807, 2.05) is 35.2 Å². The summed E-state index contributed by atoms with van der Waals surface area (Å²) in [5.41, 5.74) is 3.39. The third-order valence-corrected chi connectivity index (χ3v) is 5.71. The molecule has 0 saturated carbocycles. The number of piperazine rings is 1. The van der Waals surface area contributed by atoms with Crippen molar-refractivity contribution in [1.82, 2.24) is 14.4 Å². The minimum Gasteiger partial charge on any atom is -0.336 e. The van der Waals surface area contributed by atoms with Crippen LogP contribution in [0.4, 0.5) is 0 Å². The maximum absolute atomic E-state index is 13.5. The molecular weight excluding hydrogens is 338 g/mol. The molecule has 1 aromatic heterocycles. The van der Waals surface area contributed by atoms with E-state index in [0.29, 0.717) is 6.54 Å². The van der Waals surface area contributed by atoms with Gasteiger partial charge in [0, 0.05) is 50.0 Å². The summed E-state index contributed by atoms with van der Waals surface area (Å²) in [6, 6.07) is 11.5. The average Bonchev–Trinajstić information content (AvgIpc) is 3.19. The smallest absolute Gasteiger partial charge is 0.256 e. The molecule has 0 spiro atoms. The van der Waals surface area contributed by atoms with Gasteiger partial charge in [0.15, 0.2) is 0 Å². The van der Waals surface area contributed by atoms with E-state index >= 15 is 0 Å². The van der Waals surface area contributed by atoms with Crippen molar-refractivity contribution in [3.63, 3.8) is 0 Å². The van der Waals surface area contributed by atoms with Crippen LogP contribution in [0.3, 0.4) is 0 Å². The first-order chi connectivity index (χ1) is 13.2. The van der Waals surface area contributed by atoms with Crippen LogP contribution in [-0.2, 0) is 13.0 Å². The molecule has 5 nitrogen and oxygen atoms in total. The van der Waals surface area contributed by atoms with Gasteiger partial charge in [-0.3, -0.25) is 14.5 Å². The molecule has 0 aliphatic carbocycles. The SMILES string of the molecule is CCCN1CCN(C(=O)c2c(-c3ccccc3)cc(=O)n3c2CCC3)CC1. The van der Waals surface area contributed by atoms with Crippen LogP contribution in [0.2, 0.25) is 0 Å². The Morgan fingerprint density at radius 1 is 1.04 bits per heavy atom. The summed E-state index contributed by atoms with van der Waals surface area (Å²) >= 11 is 0. The fourth-order valence-corrected chi connectivity index (χ4v) is 4.34. The second kappa shape index (κ2) is 7.69. The molecule has 0 bridgehead atoms. The number of hydrogen-bond donors (Lipinski definition) is 0. The van der Waals surface area contributed by atoms with E-state index in [1.165, 1.54) is 0 Å². The molecule has 0 radical (unpaired) electrons. The van der Waals surface area contributed by atoms with Crippen molar-refractivity contribution in [1.29, 1.82) is 0 Å². The highest BCUT2D eigenvalue weighted by molar-refractivity contribution is 6.02. The number of benzene rings is 1. The van der Waals surface area contributed by atoms with Gasteiger partial charge in [0.25, 0.3) is 11.5 Å². The molecule has 2 aliphatic heterocycles. The first kappa shape index (κ1) is 18.0. The number of fused-ring (bicyclic) bond motifs is 1. The van der Waals surface area contributed by atoms with Crippen molar-refractivity contribution in [2.45, 2.75) is 32.7 Å². The fourth-order valence-electron chi connectivity index (χ4n) is 4.34. The van der Waals surface area contributed by atoms with Crippen molar-refractivity contribution < 1.29 is 4.79 Å². The van der Waals surface area contributed by atoms with Crippen LogP contribution in [0.1, 0.15) is 35.8 Å². The molecule has 4 rings (SSSR count). The molecule has 3 heterocycles. The van der Waals surface area contributed by atoms with Crippen molar-refractivity contribution in [2.75, 3.05) is 32.7 Å². The lowest BCUT2D eigenvalue weighted by atomic mass is 9.96. The van der Waals surface area contributed by atoms with E-state index in [1.54, 1.807) is 10.6 Å². The van der Waals surface area contributed by atoms with Gasteiger partial charge in [-0.05, 0) is 31.4 Å². The number of carbonyl (C=O) groups is 1. The van der Waals surface area contributed by atoms with Crippen LogP contribution in [-0.4, -0.2) is 53.0 Å². The molecule has 0 atom stereocenters. The summed E-state index contributed by atoms with van der Waals surface area (Å²) in [5.74, 6) is 0.0793. The Kier molecular flexibility index (Phi) is 5.12. The van der Waals surface area contributed by atoms with Crippen molar-refractivity contribution >= 4 is 5.91 Å². The number of carbonyl (C=O) groups excluding carboxylic acids is 1. The number of aromatic nitrogens is 1. The van der Waals surface area contributed by atoms with Crippen LogP contribution < -0.4 is 5.56 Å². The van der Waals surface area contributed by atoms with Gasteiger partial charge in [0.05, 0.1) is 5.56 Å². The summed E-state index contributed by atoms with van der Waals surface area (Å²) in [6.45, 7) is 7.36. The Labute approximate surface area is 160 Å². The van der Waals surface area contributed by atoms with Gasteiger partial charge in [0.2, 0.25) is 0 Å². The number of nitrogens with zero attached hydrogens (tertiary/aromatic N) is 3. The van der Waals surface area contributed by atoms with Crippen LogP contribution in [0.15, 0.2) is 41.2 Å². The Hall–Kier alpha value is -2.40. The standard InChI is InChI=1S/C22H27N3O2/c1-2-10-23-12-14-24(15-13-23)22(27)21-18(17-7-4-3-5-8-17)16-20(26)25-11-6-9-19(21)25/h3-5,7-8,16H,2,6,9-15H2,1H3. The molecule has 27 heavy (non-hydrogen) atoms. The molecule has 0 N–H and O–H groups in total. The first-order valence-corrected chi connectivity index (χ1v) is 10.0. The maximum Gasteiger partial charge on any atom is 0.256 e. The highest BCUT2D eigenvalue weighted by Gasteiger charge is 2.29. The van der Waals surface area contributed by atoms with Crippen molar-refractivity contribution in [2.24, 2.45) is 0 Å². The Morgan fingerprint density at radius 2 is 1.78 bits per heavy atom. The van der Waals surface area contributed by atoms with Gasteiger partial charge >= 0.3 is 0 Å². The highest BCUT2D eigenvalue weighted by Crippen LogP contribution is 2.29. The number of rotatable bonds is 4. The van der Waals surface area contributed by atoms with Crippen LogP contribution in [0.25, 0.3) is 11.1 Å². The van der Waals surface area contributed by atoms with Gasteiger partial charge in [-0.25, -0.2) is 0 Å². The van der Waals surface area contributed by atoms with Crippen molar-refractivity contribution in [3.05, 3.63) is 58.0 Å². The monoisotopic (exact) mass is 365 g/mol. The van der Waals surface area contributed by atoms with Crippen LogP contribution in [0, 0.1) is 0 Å². The van der Waals surface area contributed by atoms with Gasteiger partial charge < -0.3 is 9.47 Å². The Morgan fingerprint density at radius 3 is 2.48 bits per heavy atom. The van der Waals surface area contributed by atoms with Gasteiger partial charge in [-0.2, -0.15) is 0 Å². The van der Waals surface area contributed by atoms with Gasteiger partial charge in [-0.15, -0.1) is 0 Å². The molecule has 142 valence electrons. The number of pyridine rings is 1. The third kappa shape index (κ3) is 3.44. The number of amides is 1. The topological polar surface area (TPSA) is 45.6 Å². The minimum atomic E-state index is 0.00525. The normalized spacial score (nSPS) is 17.1. The molecule has 1 amide bonds. The zero-order valence-corrected chi connectivity index (χ0v) is 16.0. The molecule has 5 heteroatoms. The second-order valence-electron chi connectivity index (χ2n) is 7.47. The summed E-state index contributed by atoms with van der Waals surface area (Å²) < 4.78 is 1.80. The highest BCUT2D eigenvalue weighted by atomic mass is 16.2. The van der Waals surface area contributed by atoms with Gasteiger partial charge in [0.1, 0.15) is 0 Å². The van der Waals surface area contributed by atoms with Crippen molar-refractivity contribution in [3.8, 4) is 11.1 Å². The predicted molar refractivity (Wildman–Crippen MR) is 107 cm³/mol.